The lowest BCUT2D eigenvalue weighted by molar-refractivity contribution is 0.149. The van der Waals surface area contributed by atoms with Gasteiger partial charge in [0.05, 0.1) is 24.1 Å². The van der Waals surface area contributed by atoms with E-state index in [4.69, 9.17) is 4.74 Å². The predicted molar refractivity (Wildman–Crippen MR) is 87.7 cm³/mol. The summed E-state index contributed by atoms with van der Waals surface area (Å²) in [6, 6.07) is 15.1. The van der Waals surface area contributed by atoms with Crippen LogP contribution < -0.4 is 5.56 Å². The SMILES string of the molecule is C=CCOCc1ccc(-c2nc3ccccc3c(=O)[nH]2)cc1. The van der Waals surface area contributed by atoms with E-state index in [9.17, 15) is 4.79 Å². The van der Waals surface area contributed by atoms with Crippen molar-refractivity contribution >= 4 is 10.9 Å². The lowest BCUT2D eigenvalue weighted by atomic mass is 10.1. The minimum atomic E-state index is -0.126. The standard InChI is InChI=1S/C18H16N2O2/c1-2-11-22-12-13-7-9-14(10-8-13)17-19-16-6-4-3-5-15(16)18(21)20-17/h2-10H,1,11-12H2,(H,19,20,21). The number of fused-ring (bicyclic) bond motifs is 1. The molecule has 0 fully saturated rings. The second-order valence-electron chi connectivity index (χ2n) is 4.93. The molecule has 110 valence electrons. The summed E-state index contributed by atoms with van der Waals surface area (Å²) in [6.45, 7) is 4.68. The maximum absolute atomic E-state index is 12.1. The predicted octanol–water partition coefficient (Wildman–Crippen LogP) is 3.29. The lowest BCUT2D eigenvalue weighted by Crippen LogP contribution is -2.09. The zero-order chi connectivity index (χ0) is 15.4. The Labute approximate surface area is 128 Å². The summed E-state index contributed by atoms with van der Waals surface area (Å²) in [5.41, 5.74) is 2.50. The second-order valence-corrected chi connectivity index (χ2v) is 4.93. The average Bonchev–Trinajstić information content (AvgIpc) is 2.56. The van der Waals surface area contributed by atoms with Gasteiger partial charge in [-0.05, 0) is 17.7 Å². The number of aromatic nitrogens is 2. The van der Waals surface area contributed by atoms with Crippen molar-refractivity contribution in [2.24, 2.45) is 0 Å². The number of rotatable bonds is 5. The Balaban J connectivity index is 1.91. The number of hydrogen-bond donors (Lipinski definition) is 1. The van der Waals surface area contributed by atoms with E-state index in [1.165, 1.54) is 0 Å². The van der Waals surface area contributed by atoms with Crippen LogP contribution in [0, 0.1) is 0 Å². The molecule has 2 aromatic carbocycles. The zero-order valence-corrected chi connectivity index (χ0v) is 12.1. The van der Waals surface area contributed by atoms with E-state index in [2.05, 4.69) is 16.5 Å². The maximum Gasteiger partial charge on any atom is 0.259 e. The summed E-state index contributed by atoms with van der Waals surface area (Å²) in [7, 11) is 0. The number of ether oxygens (including phenoxy) is 1. The molecule has 0 atom stereocenters. The summed E-state index contributed by atoms with van der Waals surface area (Å²) in [4.78, 5) is 19.4. The zero-order valence-electron chi connectivity index (χ0n) is 12.1. The highest BCUT2D eigenvalue weighted by Gasteiger charge is 2.05. The van der Waals surface area contributed by atoms with Crippen LogP contribution in [0.2, 0.25) is 0 Å². The fraction of sp³-hybridized carbons (Fsp3) is 0.111. The number of nitrogens with zero attached hydrogens (tertiary/aromatic N) is 1. The first-order valence-corrected chi connectivity index (χ1v) is 7.05. The number of para-hydroxylation sites is 1. The first kappa shape index (κ1) is 14.2. The number of aromatic amines is 1. The van der Waals surface area contributed by atoms with E-state index in [0.717, 1.165) is 11.1 Å². The molecule has 0 unspecified atom stereocenters. The number of nitrogens with one attached hydrogen (secondary N) is 1. The van der Waals surface area contributed by atoms with Crippen molar-refractivity contribution in [3.05, 3.63) is 77.1 Å². The fourth-order valence-corrected chi connectivity index (χ4v) is 2.24. The van der Waals surface area contributed by atoms with Gasteiger partial charge in [0.25, 0.3) is 5.56 Å². The molecule has 0 saturated heterocycles. The van der Waals surface area contributed by atoms with Crippen LogP contribution in [0.5, 0.6) is 0 Å². The third-order valence-electron chi connectivity index (χ3n) is 3.34. The third kappa shape index (κ3) is 2.97. The molecule has 3 rings (SSSR count). The first-order valence-electron chi connectivity index (χ1n) is 7.05. The van der Waals surface area contributed by atoms with Gasteiger partial charge in [0.15, 0.2) is 0 Å². The Hall–Kier alpha value is -2.72. The molecule has 0 aliphatic heterocycles. The van der Waals surface area contributed by atoms with Crippen molar-refractivity contribution in [1.29, 1.82) is 0 Å². The maximum atomic E-state index is 12.1. The van der Waals surface area contributed by atoms with Crippen LogP contribution >= 0.6 is 0 Å². The van der Waals surface area contributed by atoms with Crippen LogP contribution in [0.4, 0.5) is 0 Å². The van der Waals surface area contributed by atoms with E-state index in [0.29, 0.717) is 29.9 Å². The van der Waals surface area contributed by atoms with Gasteiger partial charge in [-0.15, -0.1) is 6.58 Å². The van der Waals surface area contributed by atoms with Crippen molar-refractivity contribution in [2.45, 2.75) is 6.61 Å². The fourth-order valence-electron chi connectivity index (χ4n) is 2.24. The first-order chi connectivity index (χ1) is 10.8. The van der Waals surface area contributed by atoms with E-state index >= 15 is 0 Å². The third-order valence-corrected chi connectivity index (χ3v) is 3.34. The molecule has 1 N–H and O–H groups in total. The van der Waals surface area contributed by atoms with Crippen LogP contribution in [0.3, 0.4) is 0 Å². The highest BCUT2D eigenvalue weighted by atomic mass is 16.5. The molecule has 4 heteroatoms. The van der Waals surface area contributed by atoms with Gasteiger partial charge in [0.2, 0.25) is 0 Å². The number of benzene rings is 2. The van der Waals surface area contributed by atoms with Crippen molar-refractivity contribution in [3.63, 3.8) is 0 Å². The Bertz CT molecular complexity index is 851. The molecule has 1 aromatic heterocycles. The molecule has 0 radical (unpaired) electrons. The summed E-state index contributed by atoms with van der Waals surface area (Å²) in [6.07, 6.45) is 1.72. The Kier molecular flexibility index (Phi) is 4.12. The number of H-pyrrole nitrogens is 1. The molecule has 3 aromatic rings. The van der Waals surface area contributed by atoms with Gasteiger partial charge in [-0.3, -0.25) is 4.79 Å². The minimum absolute atomic E-state index is 0.126. The molecule has 0 saturated carbocycles. The molecule has 0 bridgehead atoms. The summed E-state index contributed by atoms with van der Waals surface area (Å²) in [5.74, 6) is 0.572. The van der Waals surface area contributed by atoms with Gasteiger partial charge >= 0.3 is 0 Å². The van der Waals surface area contributed by atoms with Crippen LogP contribution in [0.25, 0.3) is 22.3 Å². The second kappa shape index (κ2) is 6.37. The molecule has 0 amide bonds. The van der Waals surface area contributed by atoms with E-state index in [1.54, 1.807) is 12.1 Å². The topological polar surface area (TPSA) is 55.0 Å². The van der Waals surface area contributed by atoms with Gasteiger partial charge in [-0.1, -0.05) is 42.5 Å². The van der Waals surface area contributed by atoms with Crippen molar-refractivity contribution in [2.75, 3.05) is 6.61 Å². The summed E-state index contributed by atoms with van der Waals surface area (Å²) in [5, 5.41) is 0.598. The van der Waals surface area contributed by atoms with Crippen molar-refractivity contribution in [3.8, 4) is 11.4 Å². The highest BCUT2D eigenvalue weighted by Crippen LogP contribution is 2.17. The van der Waals surface area contributed by atoms with E-state index in [-0.39, 0.29) is 5.56 Å². The molecular weight excluding hydrogens is 276 g/mol. The lowest BCUT2D eigenvalue weighted by Gasteiger charge is -2.05. The largest absolute Gasteiger partial charge is 0.373 e. The van der Waals surface area contributed by atoms with Gasteiger partial charge < -0.3 is 9.72 Å². The van der Waals surface area contributed by atoms with Crippen molar-refractivity contribution < 1.29 is 4.74 Å². The Morgan fingerprint density at radius 2 is 1.91 bits per heavy atom. The molecule has 22 heavy (non-hydrogen) atoms. The van der Waals surface area contributed by atoms with E-state index in [1.807, 2.05) is 42.5 Å². The summed E-state index contributed by atoms with van der Waals surface area (Å²) < 4.78 is 5.40. The smallest absolute Gasteiger partial charge is 0.259 e. The molecule has 0 aliphatic carbocycles. The molecule has 0 spiro atoms. The van der Waals surface area contributed by atoms with Crippen LogP contribution in [-0.2, 0) is 11.3 Å². The minimum Gasteiger partial charge on any atom is -0.373 e. The van der Waals surface area contributed by atoms with E-state index < -0.39 is 0 Å². The Morgan fingerprint density at radius 3 is 2.68 bits per heavy atom. The van der Waals surface area contributed by atoms with Crippen LogP contribution in [-0.4, -0.2) is 16.6 Å². The van der Waals surface area contributed by atoms with Gasteiger partial charge in [-0.25, -0.2) is 4.98 Å². The molecule has 0 aliphatic rings. The average molecular weight is 292 g/mol. The number of hydrogen-bond acceptors (Lipinski definition) is 3. The Morgan fingerprint density at radius 1 is 1.14 bits per heavy atom. The van der Waals surface area contributed by atoms with Gasteiger partial charge in [-0.2, -0.15) is 0 Å². The summed E-state index contributed by atoms with van der Waals surface area (Å²) >= 11 is 0. The van der Waals surface area contributed by atoms with Crippen LogP contribution in [0.1, 0.15) is 5.56 Å². The molecular formula is C18H16N2O2. The van der Waals surface area contributed by atoms with Crippen LogP contribution in [0.15, 0.2) is 66.0 Å². The monoisotopic (exact) mass is 292 g/mol. The molecule has 4 nitrogen and oxygen atoms in total. The molecule has 1 heterocycles. The normalized spacial score (nSPS) is 10.7. The highest BCUT2D eigenvalue weighted by molar-refractivity contribution is 5.79. The van der Waals surface area contributed by atoms with Crippen molar-refractivity contribution in [1.82, 2.24) is 9.97 Å². The van der Waals surface area contributed by atoms with Gasteiger partial charge in [0, 0.05) is 5.56 Å². The van der Waals surface area contributed by atoms with Gasteiger partial charge in [0.1, 0.15) is 5.82 Å². The quantitative estimate of drug-likeness (QED) is 0.580.